The molecule has 0 aromatic carbocycles. The molecule has 0 aromatic heterocycles. The van der Waals surface area contributed by atoms with E-state index in [4.69, 9.17) is 0 Å². The molecule has 82 valence electrons. The SMILES string of the molecule is CC1(C)CCC(C2(CO)CCC2)CC1. The predicted octanol–water partition coefficient (Wildman–Crippen LogP) is 3.37. The highest BCUT2D eigenvalue weighted by Crippen LogP contribution is 2.54. The Morgan fingerprint density at radius 2 is 1.64 bits per heavy atom. The number of aliphatic hydroxyl groups is 1. The van der Waals surface area contributed by atoms with Gasteiger partial charge in [-0.3, -0.25) is 0 Å². The van der Waals surface area contributed by atoms with Crippen molar-refractivity contribution in [3.63, 3.8) is 0 Å². The Bertz CT molecular complexity index is 188. The fourth-order valence-corrected chi connectivity index (χ4v) is 3.34. The molecule has 2 saturated carbocycles. The molecule has 14 heavy (non-hydrogen) atoms. The van der Waals surface area contributed by atoms with Crippen LogP contribution < -0.4 is 0 Å². The summed E-state index contributed by atoms with van der Waals surface area (Å²) in [5, 5.41) is 9.52. The lowest BCUT2D eigenvalue weighted by molar-refractivity contribution is -0.0411. The van der Waals surface area contributed by atoms with Gasteiger partial charge in [-0.05, 0) is 55.3 Å². The van der Waals surface area contributed by atoms with Crippen molar-refractivity contribution in [3.05, 3.63) is 0 Å². The molecular formula is C13H24O. The Kier molecular flexibility index (Phi) is 2.63. The maximum Gasteiger partial charge on any atom is 0.0490 e. The lowest BCUT2D eigenvalue weighted by atomic mass is 9.56. The van der Waals surface area contributed by atoms with Crippen molar-refractivity contribution in [2.45, 2.75) is 58.8 Å². The quantitative estimate of drug-likeness (QED) is 0.718. The van der Waals surface area contributed by atoms with Gasteiger partial charge in [-0.1, -0.05) is 20.3 Å². The van der Waals surface area contributed by atoms with E-state index in [9.17, 15) is 5.11 Å². The van der Waals surface area contributed by atoms with Crippen LogP contribution in [0.15, 0.2) is 0 Å². The molecule has 1 nitrogen and oxygen atoms in total. The first-order chi connectivity index (χ1) is 6.58. The van der Waals surface area contributed by atoms with Gasteiger partial charge in [0.15, 0.2) is 0 Å². The first-order valence-corrected chi connectivity index (χ1v) is 6.19. The van der Waals surface area contributed by atoms with Crippen molar-refractivity contribution >= 4 is 0 Å². The van der Waals surface area contributed by atoms with E-state index in [-0.39, 0.29) is 0 Å². The van der Waals surface area contributed by atoms with E-state index in [1.807, 2.05) is 0 Å². The molecule has 2 rings (SSSR count). The van der Waals surface area contributed by atoms with Gasteiger partial charge in [-0.15, -0.1) is 0 Å². The highest BCUT2D eigenvalue weighted by atomic mass is 16.3. The van der Waals surface area contributed by atoms with E-state index < -0.39 is 0 Å². The fraction of sp³-hybridized carbons (Fsp3) is 1.00. The second kappa shape index (κ2) is 3.52. The number of hydrogen-bond acceptors (Lipinski definition) is 1. The highest BCUT2D eigenvalue weighted by molar-refractivity contribution is 4.95. The Balaban J connectivity index is 1.94. The summed E-state index contributed by atoms with van der Waals surface area (Å²) < 4.78 is 0. The second-order valence-corrected chi connectivity index (χ2v) is 6.31. The summed E-state index contributed by atoms with van der Waals surface area (Å²) in [5.74, 6) is 0.828. The van der Waals surface area contributed by atoms with Crippen molar-refractivity contribution in [2.75, 3.05) is 6.61 Å². The van der Waals surface area contributed by atoms with E-state index in [0.29, 0.717) is 17.4 Å². The molecule has 0 unspecified atom stereocenters. The average molecular weight is 196 g/mol. The maximum atomic E-state index is 9.52. The van der Waals surface area contributed by atoms with Gasteiger partial charge in [0.05, 0.1) is 0 Å². The van der Waals surface area contributed by atoms with Gasteiger partial charge >= 0.3 is 0 Å². The average Bonchev–Trinajstić information content (AvgIpc) is 2.06. The first kappa shape index (κ1) is 10.5. The maximum absolute atomic E-state index is 9.52. The van der Waals surface area contributed by atoms with E-state index in [0.717, 1.165) is 5.92 Å². The molecule has 1 heteroatoms. The third-order valence-corrected chi connectivity index (χ3v) is 4.87. The number of rotatable bonds is 2. The molecule has 0 heterocycles. The molecule has 0 aliphatic heterocycles. The third-order valence-electron chi connectivity index (χ3n) is 4.87. The zero-order valence-corrected chi connectivity index (χ0v) is 9.68. The minimum atomic E-state index is 0.358. The largest absolute Gasteiger partial charge is 0.396 e. The van der Waals surface area contributed by atoms with Gasteiger partial charge < -0.3 is 5.11 Å². The third kappa shape index (κ3) is 1.71. The van der Waals surface area contributed by atoms with Crippen LogP contribution in [0.3, 0.4) is 0 Å². The molecule has 0 radical (unpaired) electrons. The van der Waals surface area contributed by atoms with Gasteiger partial charge in [0.25, 0.3) is 0 Å². The molecule has 0 atom stereocenters. The smallest absolute Gasteiger partial charge is 0.0490 e. The van der Waals surface area contributed by atoms with Crippen molar-refractivity contribution in [1.29, 1.82) is 0 Å². The van der Waals surface area contributed by atoms with Crippen molar-refractivity contribution in [2.24, 2.45) is 16.7 Å². The van der Waals surface area contributed by atoms with Crippen molar-refractivity contribution < 1.29 is 5.11 Å². The molecule has 0 spiro atoms. The molecule has 0 bridgehead atoms. The topological polar surface area (TPSA) is 20.2 Å². The van der Waals surface area contributed by atoms with Crippen molar-refractivity contribution in [1.82, 2.24) is 0 Å². The molecule has 2 aliphatic rings. The minimum Gasteiger partial charge on any atom is -0.396 e. The zero-order chi connectivity index (χ0) is 10.2. The normalized spacial score (nSPS) is 31.1. The lowest BCUT2D eigenvalue weighted by Gasteiger charge is -2.50. The molecule has 0 amide bonds. The summed E-state index contributed by atoms with van der Waals surface area (Å²) in [5.41, 5.74) is 0.924. The predicted molar refractivity (Wildman–Crippen MR) is 59.1 cm³/mol. The number of aliphatic hydroxyl groups excluding tert-OH is 1. The Hall–Kier alpha value is -0.0400. The van der Waals surface area contributed by atoms with E-state index in [1.165, 1.54) is 44.9 Å². The standard InChI is InChI=1S/C13H24O/c1-12(2)8-4-11(5-9-12)13(10-14)6-3-7-13/h11,14H,3-10H2,1-2H3. The summed E-state index contributed by atoms with van der Waals surface area (Å²) in [6, 6.07) is 0. The fourth-order valence-electron chi connectivity index (χ4n) is 3.34. The number of hydrogen-bond donors (Lipinski definition) is 1. The van der Waals surface area contributed by atoms with Crippen LogP contribution >= 0.6 is 0 Å². The summed E-state index contributed by atoms with van der Waals surface area (Å²) in [6.07, 6.45) is 9.35. The van der Waals surface area contributed by atoms with E-state index in [1.54, 1.807) is 0 Å². The summed E-state index contributed by atoms with van der Waals surface area (Å²) in [4.78, 5) is 0. The molecular weight excluding hydrogens is 172 g/mol. The first-order valence-electron chi connectivity index (χ1n) is 6.19. The zero-order valence-electron chi connectivity index (χ0n) is 9.68. The monoisotopic (exact) mass is 196 g/mol. The summed E-state index contributed by atoms with van der Waals surface area (Å²) >= 11 is 0. The minimum absolute atomic E-state index is 0.358. The van der Waals surface area contributed by atoms with Gasteiger partial charge in [0.2, 0.25) is 0 Å². The van der Waals surface area contributed by atoms with Gasteiger partial charge in [0.1, 0.15) is 0 Å². The van der Waals surface area contributed by atoms with E-state index in [2.05, 4.69) is 13.8 Å². The van der Waals surface area contributed by atoms with Crippen LogP contribution in [0.1, 0.15) is 58.8 Å². The van der Waals surface area contributed by atoms with Crippen LogP contribution in [0.25, 0.3) is 0 Å². The highest BCUT2D eigenvalue weighted by Gasteiger charge is 2.45. The Morgan fingerprint density at radius 3 is 2.00 bits per heavy atom. The molecule has 1 N–H and O–H groups in total. The van der Waals surface area contributed by atoms with Gasteiger partial charge in [-0.25, -0.2) is 0 Å². The second-order valence-electron chi connectivity index (χ2n) is 6.31. The molecule has 0 aromatic rings. The summed E-state index contributed by atoms with van der Waals surface area (Å²) in [7, 11) is 0. The van der Waals surface area contributed by atoms with Gasteiger partial charge in [0, 0.05) is 6.61 Å². The molecule has 2 fully saturated rings. The van der Waals surface area contributed by atoms with Crippen LogP contribution in [0.4, 0.5) is 0 Å². The van der Waals surface area contributed by atoms with Crippen molar-refractivity contribution in [3.8, 4) is 0 Å². The van der Waals surface area contributed by atoms with Crippen LogP contribution in [0.5, 0.6) is 0 Å². The Morgan fingerprint density at radius 1 is 1.07 bits per heavy atom. The van der Waals surface area contributed by atoms with Crippen LogP contribution in [-0.2, 0) is 0 Å². The van der Waals surface area contributed by atoms with Gasteiger partial charge in [-0.2, -0.15) is 0 Å². The van der Waals surface area contributed by atoms with Crippen LogP contribution in [0, 0.1) is 16.7 Å². The molecule has 0 saturated heterocycles. The summed E-state index contributed by atoms with van der Waals surface area (Å²) in [6.45, 7) is 5.21. The van der Waals surface area contributed by atoms with Crippen LogP contribution in [0.2, 0.25) is 0 Å². The van der Waals surface area contributed by atoms with Crippen LogP contribution in [-0.4, -0.2) is 11.7 Å². The van der Waals surface area contributed by atoms with E-state index >= 15 is 0 Å². The lowest BCUT2D eigenvalue weighted by Crippen LogP contribution is -2.43. The molecule has 2 aliphatic carbocycles. The Labute approximate surface area is 87.9 Å².